The molecule has 1 aliphatic carbocycles. The third kappa shape index (κ3) is 2.48. The summed E-state index contributed by atoms with van der Waals surface area (Å²) in [5.41, 5.74) is 2.42. The molecule has 0 amide bonds. The van der Waals surface area contributed by atoms with Gasteiger partial charge < -0.3 is 4.57 Å². The number of hydrogen-bond donors (Lipinski definition) is 0. The van der Waals surface area contributed by atoms with Gasteiger partial charge in [0.05, 0.1) is 5.69 Å². The van der Waals surface area contributed by atoms with Crippen molar-refractivity contribution >= 4 is 15.9 Å². The Bertz CT molecular complexity index is 554. The second-order valence-electron chi connectivity index (χ2n) is 5.37. The molecule has 3 heteroatoms. The maximum absolute atomic E-state index is 4.79. The number of benzene rings is 1. The van der Waals surface area contributed by atoms with E-state index in [4.69, 9.17) is 4.98 Å². The highest BCUT2D eigenvalue weighted by atomic mass is 79.9. The van der Waals surface area contributed by atoms with Crippen LogP contribution in [0, 0.1) is 0 Å². The van der Waals surface area contributed by atoms with Gasteiger partial charge in [0.1, 0.15) is 10.4 Å². The molecule has 1 aromatic carbocycles. The van der Waals surface area contributed by atoms with Crippen molar-refractivity contribution in [2.45, 2.75) is 38.0 Å². The van der Waals surface area contributed by atoms with Crippen LogP contribution in [0.4, 0.5) is 0 Å². The van der Waals surface area contributed by atoms with E-state index in [1.807, 2.05) is 0 Å². The zero-order valence-corrected chi connectivity index (χ0v) is 12.9. The standard InChI is InChI=1S/C16H19BrN2/c1-19-14(12-8-4-2-5-9-12)15(17)18-16(19)13-10-6-3-7-11-13/h2,4-5,8-9,13H,3,6-7,10-11H2,1H3. The Labute approximate surface area is 123 Å². The largest absolute Gasteiger partial charge is 0.330 e. The highest BCUT2D eigenvalue weighted by Crippen LogP contribution is 2.36. The summed E-state index contributed by atoms with van der Waals surface area (Å²) < 4.78 is 3.25. The molecule has 0 spiro atoms. The molecule has 0 atom stereocenters. The van der Waals surface area contributed by atoms with Crippen molar-refractivity contribution in [1.82, 2.24) is 9.55 Å². The molecular formula is C16H19BrN2. The van der Waals surface area contributed by atoms with Crippen molar-refractivity contribution in [3.8, 4) is 11.3 Å². The van der Waals surface area contributed by atoms with Gasteiger partial charge in [-0.25, -0.2) is 4.98 Å². The molecule has 0 aliphatic heterocycles. The molecule has 1 saturated carbocycles. The highest BCUT2D eigenvalue weighted by molar-refractivity contribution is 9.10. The van der Waals surface area contributed by atoms with E-state index in [1.165, 1.54) is 49.2 Å². The summed E-state index contributed by atoms with van der Waals surface area (Å²) in [6.07, 6.45) is 6.64. The molecule has 1 aliphatic rings. The number of nitrogens with zero attached hydrogens (tertiary/aromatic N) is 2. The van der Waals surface area contributed by atoms with Crippen LogP contribution in [0.2, 0.25) is 0 Å². The quantitative estimate of drug-likeness (QED) is 0.770. The fraction of sp³-hybridized carbons (Fsp3) is 0.438. The summed E-state index contributed by atoms with van der Waals surface area (Å²) in [5.74, 6) is 1.87. The predicted octanol–water partition coefficient (Wildman–Crippen LogP) is 4.90. The van der Waals surface area contributed by atoms with Crippen LogP contribution in [0.25, 0.3) is 11.3 Å². The van der Waals surface area contributed by atoms with Gasteiger partial charge in [-0.15, -0.1) is 0 Å². The summed E-state index contributed by atoms with van der Waals surface area (Å²) in [7, 11) is 2.14. The average molecular weight is 319 g/mol. The van der Waals surface area contributed by atoms with Crippen LogP contribution < -0.4 is 0 Å². The van der Waals surface area contributed by atoms with Crippen molar-refractivity contribution in [2.75, 3.05) is 0 Å². The minimum atomic E-state index is 0.632. The van der Waals surface area contributed by atoms with Crippen LogP contribution in [0.3, 0.4) is 0 Å². The maximum atomic E-state index is 4.79. The van der Waals surface area contributed by atoms with Gasteiger partial charge in [-0.2, -0.15) is 0 Å². The lowest BCUT2D eigenvalue weighted by Crippen LogP contribution is -2.10. The number of aromatic nitrogens is 2. The molecule has 2 aromatic rings. The molecule has 19 heavy (non-hydrogen) atoms. The molecule has 100 valence electrons. The Hall–Kier alpha value is -1.09. The monoisotopic (exact) mass is 318 g/mol. The van der Waals surface area contributed by atoms with Crippen molar-refractivity contribution < 1.29 is 0 Å². The lowest BCUT2D eigenvalue weighted by atomic mass is 9.89. The third-order valence-corrected chi connectivity index (χ3v) is 4.66. The summed E-state index contributed by atoms with van der Waals surface area (Å²) in [6, 6.07) is 10.5. The third-order valence-electron chi connectivity index (χ3n) is 4.10. The molecule has 0 saturated heterocycles. The van der Waals surface area contributed by atoms with Crippen LogP contribution in [0.5, 0.6) is 0 Å². The smallest absolute Gasteiger partial charge is 0.132 e. The Kier molecular flexibility index (Phi) is 3.74. The second kappa shape index (κ2) is 5.49. The molecule has 0 radical (unpaired) electrons. The normalized spacial score (nSPS) is 16.7. The van der Waals surface area contributed by atoms with Crippen LogP contribution in [-0.4, -0.2) is 9.55 Å². The van der Waals surface area contributed by atoms with Crippen LogP contribution in [-0.2, 0) is 7.05 Å². The molecule has 1 fully saturated rings. The summed E-state index contributed by atoms with van der Waals surface area (Å²) in [5, 5.41) is 0. The molecule has 1 aromatic heterocycles. The molecule has 0 unspecified atom stereocenters. The van der Waals surface area contributed by atoms with E-state index in [0.29, 0.717) is 5.92 Å². The van der Waals surface area contributed by atoms with E-state index >= 15 is 0 Å². The molecule has 3 rings (SSSR count). The lowest BCUT2D eigenvalue weighted by Gasteiger charge is -2.21. The lowest BCUT2D eigenvalue weighted by molar-refractivity contribution is 0.421. The molecule has 0 N–H and O–H groups in total. The van der Waals surface area contributed by atoms with Crippen LogP contribution >= 0.6 is 15.9 Å². The van der Waals surface area contributed by atoms with Crippen molar-refractivity contribution in [2.24, 2.45) is 7.05 Å². The summed E-state index contributed by atoms with van der Waals surface area (Å²) >= 11 is 3.64. The van der Waals surface area contributed by atoms with Crippen molar-refractivity contribution in [1.29, 1.82) is 0 Å². The first-order valence-electron chi connectivity index (χ1n) is 7.05. The zero-order chi connectivity index (χ0) is 13.2. The van der Waals surface area contributed by atoms with E-state index in [-0.39, 0.29) is 0 Å². The van der Waals surface area contributed by atoms with Gasteiger partial charge in [0.25, 0.3) is 0 Å². The van der Waals surface area contributed by atoms with E-state index in [2.05, 4.69) is 57.9 Å². The van der Waals surface area contributed by atoms with Gasteiger partial charge in [0.15, 0.2) is 0 Å². The topological polar surface area (TPSA) is 17.8 Å². The number of rotatable bonds is 2. The average Bonchev–Trinajstić information content (AvgIpc) is 2.76. The van der Waals surface area contributed by atoms with Gasteiger partial charge in [0, 0.05) is 18.5 Å². The summed E-state index contributed by atoms with van der Waals surface area (Å²) in [6.45, 7) is 0. The van der Waals surface area contributed by atoms with Crippen molar-refractivity contribution in [3.63, 3.8) is 0 Å². The fourth-order valence-electron chi connectivity index (χ4n) is 3.12. The Balaban J connectivity index is 2.00. The van der Waals surface area contributed by atoms with Gasteiger partial charge in [-0.3, -0.25) is 0 Å². The minimum Gasteiger partial charge on any atom is -0.330 e. The highest BCUT2D eigenvalue weighted by Gasteiger charge is 2.23. The number of hydrogen-bond acceptors (Lipinski definition) is 1. The van der Waals surface area contributed by atoms with E-state index in [1.54, 1.807) is 0 Å². The minimum absolute atomic E-state index is 0.632. The second-order valence-corrected chi connectivity index (χ2v) is 6.12. The first-order chi connectivity index (χ1) is 9.27. The number of imidazole rings is 1. The SMILES string of the molecule is Cn1c(C2CCCCC2)nc(Br)c1-c1ccccc1. The van der Waals surface area contributed by atoms with Gasteiger partial charge >= 0.3 is 0 Å². The van der Waals surface area contributed by atoms with Crippen molar-refractivity contribution in [3.05, 3.63) is 40.8 Å². The van der Waals surface area contributed by atoms with E-state index in [0.717, 1.165) is 4.60 Å². The molecular weight excluding hydrogens is 300 g/mol. The van der Waals surface area contributed by atoms with E-state index < -0.39 is 0 Å². The fourth-order valence-corrected chi connectivity index (χ4v) is 3.79. The molecule has 1 heterocycles. The maximum Gasteiger partial charge on any atom is 0.132 e. The Morgan fingerprint density at radius 2 is 1.79 bits per heavy atom. The van der Waals surface area contributed by atoms with Crippen LogP contribution in [0.15, 0.2) is 34.9 Å². The first-order valence-corrected chi connectivity index (χ1v) is 7.84. The molecule has 0 bridgehead atoms. The zero-order valence-electron chi connectivity index (χ0n) is 11.3. The van der Waals surface area contributed by atoms with Crippen LogP contribution in [0.1, 0.15) is 43.8 Å². The molecule has 2 nitrogen and oxygen atoms in total. The first kappa shape index (κ1) is 12.9. The number of halogens is 1. The van der Waals surface area contributed by atoms with Gasteiger partial charge in [0.2, 0.25) is 0 Å². The van der Waals surface area contributed by atoms with Gasteiger partial charge in [-0.05, 0) is 28.8 Å². The Morgan fingerprint density at radius 1 is 1.11 bits per heavy atom. The predicted molar refractivity (Wildman–Crippen MR) is 82.2 cm³/mol. The van der Waals surface area contributed by atoms with Gasteiger partial charge in [-0.1, -0.05) is 49.6 Å². The van der Waals surface area contributed by atoms with E-state index in [9.17, 15) is 0 Å². The Morgan fingerprint density at radius 3 is 2.47 bits per heavy atom. The summed E-state index contributed by atoms with van der Waals surface area (Å²) in [4.78, 5) is 4.79.